The van der Waals surface area contributed by atoms with Crippen molar-refractivity contribution in [3.8, 4) is 0 Å². The van der Waals surface area contributed by atoms with Crippen LogP contribution in [0.5, 0.6) is 0 Å². The lowest BCUT2D eigenvalue weighted by molar-refractivity contribution is 0.234. The summed E-state index contributed by atoms with van der Waals surface area (Å²) in [6.07, 6.45) is 0. The molecule has 1 unspecified atom stereocenters. The topological polar surface area (TPSA) is 56.4 Å². The van der Waals surface area contributed by atoms with Gasteiger partial charge in [-0.3, -0.25) is 5.41 Å². The maximum atomic E-state index is 7.72. The summed E-state index contributed by atoms with van der Waals surface area (Å²) in [6, 6.07) is 6.52. The lowest BCUT2D eigenvalue weighted by Gasteiger charge is -2.40. The standard InChI is InChI=1S/C14H22N4/c1-10-5-4-6-12(14(15)16)13(10)18-8-7-17(3)11(2)9-18/h4-6,11H,7-9H2,1-3H3,(H3,15,16). The first-order valence-electron chi connectivity index (χ1n) is 6.40. The summed E-state index contributed by atoms with van der Waals surface area (Å²) < 4.78 is 0. The molecule has 0 radical (unpaired) electrons. The predicted molar refractivity (Wildman–Crippen MR) is 76.5 cm³/mol. The molecule has 18 heavy (non-hydrogen) atoms. The van der Waals surface area contributed by atoms with Crippen molar-refractivity contribution >= 4 is 11.5 Å². The Balaban J connectivity index is 2.36. The van der Waals surface area contributed by atoms with Crippen molar-refractivity contribution in [3.63, 3.8) is 0 Å². The second-order valence-corrected chi connectivity index (χ2v) is 5.16. The van der Waals surface area contributed by atoms with E-state index >= 15 is 0 Å². The largest absolute Gasteiger partial charge is 0.384 e. The number of amidine groups is 1. The fourth-order valence-electron chi connectivity index (χ4n) is 2.55. The van der Waals surface area contributed by atoms with Crippen LogP contribution in [-0.2, 0) is 0 Å². The van der Waals surface area contributed by atoms with Crippen molar-refractivity contribution in [2.24, 2.45) is 5.73 Å². The number of nitrogens with one attached hydrogen (secondary N) is 1. The van der Waals surface area contributed by atoms with Gasteiger partial charge in [0.25, 0.3) is 0 Å². The summed E-state index contributed by atoms with van der Waals surface area (Å²) >= 11 is 0. The van der Waals surface area contributed by atoms with Crippen LogP contribution in [0.2, 0.25) is 0 Å². The Kier molecular flexibility index (Phi) is 3.57. The number of nitrogen functional groups attached to an aromatic ring is 1. The molecular formula is C14H22N4. The van der Waals surface area contributed by atoms with E-state index in [9.17, 15) is 0 Å². The average Bonchev–Trinajstić information content (AvgIpc) is 2.32. The number of benzene rings is 1. The van der Waals surface area contributed by atoms with Crippen LogP contribution in [0.4, 0.5) is 5.69 Å². The number of rotatable bonds is 2. The van der Waals surface area contributed by atoms with Gasteiger partial charge in [-0.05, 0) is 32.5 Å². The van der Waals surface area contributed by atoms with Crippen LogP contribution < -0.4 is 10.6 Å². The van der Waals surface area contributed by atoms with Crippen LogP contribution in [0.15, 0.2) is 18.2 Å². The van der Waals surface area contributed by atoms with E-state index in [4.69, 9.17) is 11.1 Å². The number of likely N-dealkylation sites (N-methyl/N-ethyl adjacent to an activating group) is 1. The molecular weight excluding hydrogens is 224 g/mol. The normalized spacial score (nSPS) is 21.1. The van der Waals surface area contributed by atoms with Gasteiger partial charge in [0.15, 0.2) is 0 Å². The van der Waals surface area contributed by atoms with Gasteiger partial charge in [-0.2, -0.15) is 0 Å². The maximum Gasteiger partial charge on any atom is 0.124 e. The monoisotopic (exact) mass is 246 g/mol. The Morgan fingerprint density at radius 3 is 2.72 bits per heavy atom. The summed E-state index contributed by atoms with van der Waals surface area (Å²) in [5.74, 6) is 0.153. The average molecular weight is 246 g/mol. The molecule has 2 rings (SSSR count). The van der Waals surface area contributed by atoms with Crippen molar-refractivity contribution in [3.05, 3.63) is 29.3 Å². The molecule has 4 nitrogen and oxygen atoms in total. The van der Waals surface area contributed by atoms with E-state index in [0.717, 1.165) is 30.9 Å². The molecule has 1 atom stereocenters. The highest BCUT2D eigenvalue weighted by atomic mass is 15.3. The highest BCUT2D eigenvalue weighted by molar-refractivity contribution is 6.01. The molecule has 1 fully saturated rings. The van der Waals surface area contributed by atoms with Crippen LogP contribution in [0.3, 0.4) is 0 Å². The van der Waals surface area contributed by atoms with Crippen LogP contribution >= 0.6 is 0 Å². The third kappa shape index (κ3) is 2.34. The van der Waals surface area contributed by atoms with Crippen LogP contribution in [-0.4, -0.2) is 43.5 Å². The minimum absolute atomic E-state index is 0.153. The molecule has 3 N–H and O–H groups in total. The number of piperazine rings is 1. The number of anilines is 1. The maximum absolute atomic E-state index is 7.72. The highest BCUT2D eigenvalue weighted by Gasteiger charge is 2.23. The van der Waals surface area contributed by atoms with Gasteiger partial charge in [-0.15, -0.1) is 0 Å². The quantitative estimate of drug-likeness (QED) is 0.613. The lowest BCUT2D eigenvalue weighted by Crippen LogP contribution is -2.50. The number of para-hydroxylation sites is 1. The number of hydrogen-bond acceptors (Lipinski definition) is 3. The van der Waals surface area contributed by atoms with E-state index in [1.165, 1.54) is 5.56 Å². The van der Waals surface area contributed by atoms with Crippen LogP contribution in [0.1, 0.15) is 18.1 Å². The third-order valence-electron chi connectivity index (χ3n) is 3.80. The zero-order valence-electron chi connectivity index (χ0n) is 11.4. The SMILES string of the molecule is Cc1cccc(C(=N)N)c1N1CCN(C)C(C)C1. The van der Waals surface area contributed by atoms with Crippen molar-refractivity contribution in [1.29, 1.82) is 5.41 Å². The molecule has 0 bridgehead atoms. The number of nitrogens with zero attached hydrogens (tertiary/aromatic N) is 2. The highest BCUT2D eigenvalue weighted by Crippen LogP contribution is 2.27. The van der Waals surface area contributed by atoms with Gasteiger partial charge < -0.3 is 15.5 Å². The van der Waals surface area contributed by atoms with Crippen molar-refractivity contribution in [2.75, 3.05) is 31.6 Å². The van der Waals surface area contributed by atoms with Crippen LogP contribution in [0, 0.1) is 12.3 Å². The van der Waals surface area contributed by atoms with Gasteiger partial charge in [0, 0.05) is 31.2 Å². The molecule has 0 saturated carbocycles. The summed E-state index contributed by atoms with van der Waals surface area (Å²) in [5.41, 5.74) is 8.88. The van der Waals surface area contributed by atoms with E-state index in [-0.39, 0.29) is 5.84 Å². The zero-order chi connectivity index (χ0) is 13.3. The van der Waals surface area contributed by atoms with Crippen LogP contribution in [0.25, 0.3) is 0 Å². The molecule has 0 amide bonds. The first-order valence-corrected chi connectivity index (χ1v) is 6.40. The minimum Gasteiger partial charge on any atom is -0.384 e. The van der Waals surface area contributed by atoms with E-state index in [0.29, 0.717) is 6.04 Å². The molecule has 1 aromatic rings. The smallest absolute Gasteiger partial charge is 0.124 e. The summed E-state index contributed by atoms with van der Waals surface area (Å²) in [4.78, 5) is 4.72. The number of aryl methyl sites for hydroxylation is 1. The second kappa shape index (κ2) is 4.98. The summed E-state index contributed by atoms with van der Waals surface area (Å²) in [5, 5.41) is 7.72. The molecule has 0 spiro atoms. The lowest BCUT2D eigenvalue weighted by atomic mass is 10.0. The van der Waals surface area contributed by atoms with Crippen molar-refractivity contribution in [2.45, 2.75) is 19.9 Å². The first-order chi connectivity index (χ1) is 8.50. The van der Waals surface area contributed by atoms with Gasteiger partial charge in [-0.25, -0.2) is 0 Å². The van der Waals surface area contributed by atoms with E-state index in [2.05, 4.69) is 36.8 Å². The summed E-state index contributed by atoms with van der Waals surface area (Å²) in [6.45, 7) is 7.35. The zero-order valence-corrected chi connectivity index (χ0v) is 11.4. The second-order valence-electron chi connectivity index (χ2n) is 5.16. The molecule has 98 valence electrons. The van der Waals surface area contributed by atoms with E-state index in [1.54, 1.807) is 0 Å². The molecule has 0 aliphatic carbocycles. The molecule has 1 aliphatic rings. The molecule has 1 saturated heterocycles. The van der Waals surface area contributed by atoms with E-state index in [1.807, 2.05) is 12.1 Å². The minimum atomic E-state index is 0.153. The summed E-state index contributed by atoms with van der Waals surface area (Å²) in [7, 11) is 2.16. The van der Waals surface area contributed by atoms with Gasteiger partial charge >= 0.3 is 0 Å². The Labute approximate surface area is 109 Å². The van der Waals surface area contributed by atoms with Crippen molar-refractivity contribution < 1.29 is 0 Å². The van der Waals surface area contributed by atoms with E-state index < -0.39 is 0 Å². The Morgan fingerprint density at radius 2 is 2.11 bits per heavy atom. The fraction of sp³-hybridized carbons (Fsp3) is 0.500. The van der Waals surface area contributed by atoms with Gasteiger partial charge in [0.1, 0.15) is 5.84 Å². The third-order valence-corrected chi connectivity index (χ3v) is 3.80. The van der Waals surface area contributed by atoms with Gasteiger partial charge in [0.05, 0.1) is 5.69 Å². The Hall–Kier alpha value is -1.55. The number of hydrogen-bond donors (Lipinski definition) is 2. The Bertz CT molecular complexity index is 455. The molecule has 1 aromatic carbocycles. The predicted octanol–water partition coefficient (Wildman–Crippen LogP) is 1.42. The molecule has 1 aliphatic heterocycles. The fourth-order valence-corrected chi connectivity index (χ4v) is 2.55. The Morgan fingerprint density at radius 1 is 1.39 bits per heavy atom. The first kappa shape index (κ1) is 12.9. The van der Waals surface area contributed by atoms with Gasteiger partial charge in [-0.1, -0.05) is 12.1 Å². The van der Waals surface area contributed by atoms with Gasteiger partial charge in [0.2, 0.25) is 0 Å². The van der Waals surface area contributed by atoms with Crippen molar-refractivity contribution in [1.82, 2.24) is 4.90 Å². The molecule has 4 heteroatoms. The molecule has 1 heterocycles. The molecule has 0 aromatic heterocycles. The number of nitrogens with two attached hydrogens (primary N) is 1.